The van der Waals surface area contributed by atoms with E-state index in [0.717, 1.165) is 4.47 Å². The van der Waals surface area contributed by atoms with Crippen LogP contribution in [0.3, 0.4) is 0 Å². The Balaban J connectivity index is 1.57. The van der Waals surface area contributed by atoms with Crippen LogP contribution in [0.15, 0.2) is 168 Å². The van der Waals surface area contributed by atoms with Crippen LogP contribution in [-0.2, 0) is 0 Å². The molecular formula is C40H27Br. The van der Waals surface area contributed by atoms with E-state index in [1.807, 2.05) is 0 Å². The number of hydrogen-bond acceptors (Lipinski definition) is 0. The fourth-order valence-electron chi connectivity index (χ4n) is 5.94. The Labute approximate surface area is 249 Å². The Morgan fingerprint density at radius 3 is 1.17 bits per heavy atom. The summed E-state index contributed by atoms with van der Waals surface area (Å²) in [4.78, 5) is 0. The lowest BCUT2D eigenvalue weighted by molar-refractivity contribution is 1.50. The molecule has 7 aromatic carbocycles. The predicted octanol–water partition coefficient (Wildman–Crippen LogP) is 11.4. The fourth-order valence-corrected chi connectivity index (χ4v) is 6.63. The summed E-state index contributed by atoms with van der Waals surface area (Å²) in [7, 11) is 0. The van der Waals surface area contributed by atoms with Crippen LogP contribution in [0.4, 0.5) is 0 Å². The van der Waals surface area contributed by atoms with E-state index >= 15 is 0 Å². The van der Waals surface area contributed by atoms with Crippen molar-refractivity contribution in [2.45, 2.75) is 0 Å². The van der Waals surface area contributed by atoms with Gasteiger partial charge in [0.2, 0.25) is 0 Å². The first-order valence-electron chi connectivity index (χ1n) is 13.9. The average molecular weight is 588 g/mol. The molecule has 0 aliphatic carbocycles. The maximum Gasteiger partial charge on any atom is 0.0332 e. The smallest absolute Gasteiger partial charge is 0.0332 e. The molecule has 0 heterocycles. The topological polar surface area (TPSA) is 0 Å². The molecule has 0 aliphatic rings. The van der Waals surface area contributed by atoms with E-state index in [0.29, 0.717) is 0 Å². The molecular weight excluding hydrogens is 560 g/mol. The Morgan fingerprint density at radius 1 is 0.341 bits per heavy atom. The molecule has 0 spiro atoms. The van der Waals surface area contributed by atoms with Crippen LogP contribution in [-0.4, -0.2) is 0 Å². The van der Waals surface area contributed by atoms with E-state index in [4.69, 9.17) is 0 Å². The first-order chi connectivity index (χ1) is 20.3. The molecule has 0 bridgehead atoms. The number of hydrogen-bond donors (Lipinski definition) is 0. The van der Waals surface area contributed by atoms with Crippen LogP contribution in [0.1, 0.15) is 22.3 Å². The molecule has 194 valence electrons. The van der Waals surface area contributed by atoms with E-state index in [-0.39, 0.29) is 0 Å². The Morgan fingerprint density at radius 2 is 0.707 bits per heavy atom. The second-order valence-electron chi connectivity index (χ2n) is 10.2. The molecule has 0 saturated carbocycles. The van der Waals surface area contributed by atoms with Crippen LogP contribution in [0.2, 0.25) is 0 Å². The standard InChI is InChI=1S/C40H27Br/c41-40-35-25-12-10-23-33(35)39(34-24-11-13-26-36(34)40)32-22-14-21-31(27-32)38(30-19-8-3-9-20-30)37(28-15-4-1-5-16-28)29-17-6-2-7-18-29/h1-27H. The summed E-state index contributed by atoms with van der Waals surface area (Å²) in [5.41, 5.74) is 9.68. The second-order valence-corrected chi connectivity index (χ2v) is 11.0. The molecule has 0 nitrogen and oxygen atoms in total. The molecule has 7 aromatic rings. The molecule has 0 fully saturated rings. The Bertz CT molecular complexity index is 1920. The third kappa shape index (κ3) is 4.69. The molecule has 0 aliphatic heterocycles. The SMILES string of the molecule is Brc1c2ccccc2c(-c2cccc(C(=C(c3ccccc3)c3ccccc3)c3ccccc3)c2)c2ccccc12. The fraction of sp³-hybridized carbons (Fsp3) is 0. The largest absolute Gasteiger partial charge is 0.0622 e. The molecule has 0 radical (unpaired) electrons. The molecule has 1 heteroatoms. The quantitative estimate of drug-likeness (QED) is 0.139. The third-order valence-electron chi connectivity index (χ3n) is 7.74. The van der Waals surface area contributed by atoms with Crippen LogP contribution in [0.5, 0.6) is 0 Å². The van der Waals surface area contributed by atoms with Crippen LogP contribution < -0.4 is 0 Å². The van der Waals surface area contributed by atoms with E-state index < -0.39 is 0 Å². The zero-order valence-electron chi connectivity index (χ0n) is 22.5. The second kappa shape index (κ2) is 11.0. The zero-order valence-corrected chi connectivity index (χ0v) is 24.1. The van der Waals surface area contributed by atoms with Crippen LogP contribution in [0.25, 0.3) is 43.8 Å². The minimum Gasteiger partial charge on any atom is -0.0622 e. The van der Waals surface area contributed by atoms with Gasteiger partial charge in [-0.15, -0.1) is 0 Å². The van der Waals surface area contributed by atoms with Gasteiger partial charge in [-0.1, -0.05) is 158 Å². The highest BCUT2D eigenvalue weighted by atomic mass is 79.9. The van der Waals surface area contributed by atoms with E-state index in [2.05, 4.69) is 180 Å². The molecule has 0 unspecified atom stereocenters. The molecule has 0 N–H and O–H groups in total. The summed E-state index contributed by atoms with van der Waals surface area (Å²) in [6, 6.07) is 58.7. The van der Waals surface area contributed by atoms with Gasteiger partial charge < -0.3 is 0 Å². The van der Waals surface area contributed by atoms with Crippen molar-refractivity contribution in [1.29, 1.82) is 0 Å². The highest BCUT2D eigenvalue weighted by Gasteiger charge is 2.18. The average Bonchev–Trinajstić information content (AvgIpc) is 3.05. The number of halogens is 1. The lowest BCUT2D eigenvalue weighted by Crippen LogP contribution is -1.98. The zero-order chi connectivity index (χ0) is 27.6. The maximum absolute atomic E-state index is 3.92. The summed E-state index contributed by atoms with van der Waals surface area (Å²) in [5.74, 6) is 0. The van der Waals surface area contributed by atoms with Crippen molar-refractivity contribution in [3.05, 3.63) is 191 Å². The minimum absolute atomic E-state index is 1.14. The van der Waals surface area contributed by atoms with Crippen molar-refractivity contribution in [1.82, 2.24) is 0 Å². The molecule has 0 aromatic heterocycles. The van der Waals surface area contributed by atoms with Crippen molar-refractivity contribution in [3.63, 3.8) is 0 Å². The van der Waals surface area contributed by atoms with Gasteiger partial charge >= 0.3 is 0 Å². The summed E-state index contributed by atoms with van der Waals surface area (Å²) < 4.78 is 1.14. The lowest BCUT2D eigenvalue weighted by atomic mass is 9.84. The molecule has 7 rings (SSSR count). The molecule has 41 heavy (non-hydrogen) atoms. The first kappa shape index (κ1) is 25.3. The van der Waals surface area contributed by atoms with Gasteiger partial charge in [-0.3, -0.25) is 0 Å². The van der Waals surface area contributed by atoms with Crippen molar-refractivity contribution >= 4 is 48.6 Å². The highest BCUT2D eigenvalue weighted by Crippen LogP contribution is 2.43. The van der Waals surface area contributed by atoms with Crippen molar-refractivity contribution in [2.75, 3.05) is 0 Å². The third-order valence-corrected chi connectivity index (χ3v) is 8.60. The molecule has 0 amide bonds. The summed E-state index contributed by atoms with van der Waals surface area (Å²) in [5, 5.41) is 4.93. The predicted molar refractivity (Wildman–Crippen MR) is 179 cm³/mol. The highest BCUT2D eigenvalue weighted by molar-refractivity contribution is 9.10. The Kier molecular flexibility index (Phi) is 6.80. The monoisotopic (exact) mass is 586 g/mol. The minimum atomic E-state index is 1.14. The van der Waals surface area contributed by atoms with E-state index in [9.17, 15) is 0 Å². The summed E-state index contributed by atoms with van der Waals surface area (Å²) in [6.45, 7) is 0. The van der Waals surface area contributed by atoms with Gasteiger partial charge in [0.1, 0.15) is 0 Å². The van der Waals surface area contributed by atoms with Crippen molar-refractivity contribution in [2.24, 2.45) is 0 Å². The van der Waals surface area contributed by atoms with Crippen LogP contribution in [0, 0.1) is 0 Å². The molecule has 0 atom stereocenters. The first-order valence-corrected chi connectivity index (χ1v) is 14.7. The Hall–Kier alpha value is -4.72. The van der Waals surface area contributed by atoms with Gasteiger partial charge in [0.25, 0.3) is 0 Å². The number of benzene rings is 7. The van der Waals surface area contributed by atoms with Gasteiger partial charge in [0.15, 0.2) is 0 Å². The molecule has 0 saturated heterocycles. The van der Waals surface area contributed by atoms with E-state index in [1.165, 1.54) is 66.1 Å². The maximum atomic E-state index is 3.92. The number of fused-ring (bicyclic) bond motifs is 2. The lowest BCUT2D eigenvalue weighted by Gasteiger charge is -2.19. The van der Waals surface area contributed by atoms with Crippen molar-refractivity contribution < 1.29 is 0 Å². The van der Waals surface area contributed by atoms with Gasteiger partial charge in [-0.2, -0.15) is 0 Å². The normalized spacial score (nSPS) is 11.0. The summed E-state index contributed by atoms with van der Waals surface area (Å²) >= 11 is 3.92. The van der Waals surface area contributed by atoms with Crippen LogP contribution >= 0.6 is 15.9 Å². The summed E-state index contributed by atoms with van der Waals surface area (Å²) in [6.07, 6.45) is 0. The van der Waals surface area contributed by atoms with Crippen molar-refractivity contribution in [3.8, 4) is 11.1 Å². The van der Waals surface area contributed by atoms with Gasteiger partial charge in [0.05, 0.1) is 0 Å². The number of rotatable bonds is 5. The van der Waals surface area contributed by atoms with Gasteiger partial charge in [0, 0.05) is 4.47 Å². The van der Waals surface area contributed by atoms with Gasteiger partial charge in [-0.05, 0) is 88.1 Å². The van der Waals surface area contributed by atoms with E-state index in [1.54, 1.807) is 0 Å². The van der Waals surface area contributed by atoms with Gasteiger partial charge in [-0.25, -0.2) is 0 Å².